The molecular weight excluding hydrogens is 328 g/mol. The number of hydrogen-bond acceptors (Lipinski definition) is 4. The first-order chi connectivity index (χ1) is 11.9. The molecule has 8 heteroatoms. The normalized spacial score (nSPS) is 10.7. The highest BCUT2D eigenvalue weighted by Gasteiger charge is 2.15. The van der Waals surface area contributed by atoms with E-state index in [0.717, 1.165) is 18.2 Å². The van der Waals surface area contributed by atoms with Gasteiger partial charge < -0.3 is 5.32 Å². The quantitative estimate of drug-likeness (QED) is 0.791. The van der Waals surface area contributed by atoms with Crippen LogP contribution in [0.1, 0.15) is 27.3 Å². The molecule has 1 aromatic carbocycles. The fraction of sp³-hybridized carbons (Fsp3) is 0.176. The van der Waals surface area contributed by atoms with Gasteiger partial charge in [-0.15, -0.1) is 0 Å². The van der Waals surface area contributed by atoms with Gasteiger partial charge in [-0.05, 0) is 32.0 Å². The van der Waals surface area contributed by atoms with Crippen molar-refractivity contribution in [1.29, 1.82) is 0 Å². The van der Waals surface area contributed by atoms with Crippen molar-refractivity contribution in [2.24, 2.45) is 0 Å². The molecular formula is C17H15F2N5O. The Hall–Kier alpha value is -3.16. The fourth-order valence-electron chi connectivity index (χ4n) is 2.27. The van der Waals surface area contributed by atoms with E-state index in [1.54, 1.807) is 13.8 Å². The lowest BCUT2D eigenvalue weighted by atomic mass is 10.2. The summed E-state index contributed by atoms with van der Waals surface area (Å²) >= 11 is 0. The first-order valence-electron chi connectivity index (χ1n) is 7.50. The molecule has 3 rings (SSSR count). The van der Waals surface area contributed by atoms with Gasteiger partial charge in [0.15, 0.2) is 0 Å². The molecule has 2 aromatic heterocycles. The Balaban J connectivity index is 1.85. The Kier molecular flexibility index (Phi) is 4.51. The van der Waals surface area contributed by atoms with Gasteiger partial charge in [0.2, 0.25) is 0 Å². The predicted octanol–water partition coefficient (Wildman–Crippen LogP) is 2.87. The molecule has 0 fully saturated rings. The number of aromatic nitrogens is 4. The number of amides is 1. The summed E-state index contributed by atoms with van der Waals surface area (Å²) in [5, 5.41) is 6.81. The van der Waals surface area contributed by atoms with Crippen LogP contribution in [0.4, 0.5) is 14.6 Å². The number of hydrogen-bond donors (Lipinski definition) is 1. The van der Waals surface area contributed by atoms with E-state index in [0.29, 0.717) is 17.1 Å². The Morgan fingerprint density at radius 2 is 1.96 bits per heavy atom. The van der Waals surface area contributed by atoms with Crippen molar-refractivity contribution in [3.05, 3.63) is 70.9 Å². The summed E-state index contributed by atoms with van der Waals surface area (Å²) in [5.74, 6) is -1.16. The molecule has 1 N–H and O–H groups in total. The maximum absolute atomic E-state index is 13.8. The molecule has 0 aliphatic rings. The van der Waals surface area contributed by atoms with Crippen molar-refractivity contribution < 1.29 is 13.6 Å². The zero-order valence-corrected chi connectivity index (χ0v) is 13.6. The van der Waals surface area contributed by atoms with E-state index in [1.807, 2.05) is 0 Å². The SMILES string of the molecule is Cc1cnc(C(=O)Nc2c(C)cnn2Cc2cc(F)ccc2F)cn1. The van der Waals surface area contributed by atoms with Crippen LogP contribution >= 0.6 is 0 Å². The number of halogens is 2. The zero-order chi connectivity index (χ0) is 18.0. The largest absolute Gasteiger partial charge is 0.305 e. The first-order valence-corrected chi connectivity index (χ1v) is 7.50. The molecule has 0 radical (unpaired) electrons. The van der Waals surface area contributed by atoms with E-state index in [4.69, 9.17) is 0 Å². The molecule has 6 nitrogen and oxygen atoms in total. The summed E-state index contributed by atoms with van der Waals surface area (Å²) in [6, 6.07) is 3.20. The van der Waals surface area contributed by atoms with Gasteiger partial charge in [-0.25, -0.2) is 18.4 Å². The van der Waals surface area contributed by atoms with Gasteiger partial charge in [0.05, 0.1) is 24.6 Å². The Labute approximate surface area is 142 Å². The maximum Gasteiger partial charge on any atom is 0.277 e. The minimum atomic E-state index is -0.545. The lowest BCUT2D eigenvalue weighted by molar-refractivity contribution is 0.102. The summed E-state index contributed by atoms with van der Waals surface area (Å²) in [6.07, 6.45) is 4.39. The predicted molar refractivity (Wildman–Crippen MR) is 87.1 cm³/mol. The second-order valence-corrected chi connectivity index (χ2v) is 5.57. The molecule has 0 unspecified atom stereocenters. The van der Waals surface area contributed by atoms with Crippen LogP contribution < -0.4 is 5.32 Å². The van der Waals surface area contributed by atoms with Crippen LogP contribution in [0.25, 0.3) is 0 Å². The molecule has 0 atom stereocenters. The average Bonchev–Trinajstić information content (AvgIpc) is 2.92. The number of rotatable bonds is 4. The number of carbonyl (C=O) groups excluding carboxylic acids is 1. The minimum Gasteiger partial charge on any atom is -0.305 e. The first kappa shape index (κ1) is 16.7. The second-order valence-electron chi connectivity index (χ2n) is 5.57. The van der Waals surface area contributed by atoms with Crippen molar-refractivity contribution in [3.8, 4) is 0 Å². The molecule has 0 aliphatic carbocycles. The van der Waals surface area contributed by atoms with Crippen LogP contribution in [-0.2, 0) is 6.54 Å². The highest BCUT2D eigenvalue weighted by molar-refractivity contribution is 6.02. The molecule has 25 heavy (non-hydrogen) atoms. The summed E-state index contributed by atoms with van der Waals surface area (Å²) in [4.78, 5) is 20.4. The van der Waals surface area contributed by atoms with E-state index in [-0.39, 0.29) is 17.8 Å². The number of carbonyl (C=O) groups is 1. The molecule has 0 saturated carbocycles. The zero-order valence-electron chi connectivity index (χ0n) is 13.6. The van der Waals surface area contributed by atoms with Crippen LogP contribution in [0.15, 0.2) is 36.8 Å². The van der Waals surface area contributed by atoms with Gasteiger partial charge in [0.25, 0.3) is 5.91 Å². The van der Waals surface area contributed by atoms with Crippen LogP contribution in [0.2, 0.25) is 0 Å². The average molecular weight is 343 g/mol. The number of aryl methyl sites for hydroxylation is 2. The minimum absolute atomic E-state index is 0.0212. The Bertz CT molecular complexity index is 921. The molecule has 0 saturated heterocycles. The lowest BCUT2D eigenvalue weighted by Crippen LogP contribution is -2.18. The molecule has 0 aliphatic heterocycles. The van der Waals surface area contributed by atoms with E-state index in [2.05, 4.69) is 20.4 Å². The van der Waals surface area contributed by atoms with E-state index < -0.39 is 17.5 Å². The molecule has 128 valence electrons. The highest BCUT2D eigenvalue weighted by atomic mass is 19.1. The van der Waals surface area contributed by atoms with Gasteiger partial charge in [-0.1, -0.05) is 0 Å². The monoisotopic (exact) mass is 343 g/mol. The van der Waals surface area contributed by atoms with Crippen LogP contribution in [-0.4, -0.2) is 25.7 Å². The summed E-state index contributed by atoms with van der Waals surface area (Å²) in [5.41, 5.74) is 1.66. The summed E-state index contributed by atoms with van der Waals surface area (Å²) in [7, 11) is 0. The lowest BCUT2D eigenvalue weighted by Gasteiger charge is -2.11. The smallest absolute Gasteiger partial charge is 0.277 e. The molecule has 1 amide bonds. The molecule has 3 aromatic rings. The van der Waals surface area contributed by atoms with Gasteiger partial charge in [0.1, 0.15) is 23.1 Å². The topological polar surface area (TPSA) is 72.7 Å². The van der Waals surface area contributed by atoms with E-state index >= 15 is 0 Å². The third-order valence-corrected chi connectivity index (χ3v) is 3.60. The fourth-order valence-corrected chi connectivity index (χ4v) is 2.27. The van der Waals surface area contributed by atoms with Crippen molar-refractivity contribution in [3.63, 3.8) is 0 Å². The van der Waals surface area contributed by atoms with Crippen molar-refractivity contribution in [1.82, 2.24) is 19.7 Å². The molecule has 0 spiro atoms. The van der Waals surface area contributed by atoms with Gasteiger partial charge >= 0.3 is 0 Å². The standard InChI is InChI=1S/C17H15F2N5O/c1-10-6-22-24(9-12-5-13(18)3-4-14(12)19)16(10)23-17(25)15-8-20-11(2)7-21-15/h3-8H,9H2,1-2H3,(H,23,25). The number of nitrogens with one attached hydrogen (secondary N) is 1. The van der Waals surface area contributed by atoms with Crippen molar-refractivity contribution in [2.75, 3.05) is 5.32 Å². The third-order valence-electron chi connectivity index (χ3n) is 3.60. The highest BCUT2D eigenvalue weighted by Crippen LogP contribution is 2.18. The molecule has 0 bridgehead atoms. The van der Waals surface area contributed by atoms with Crippen LogP contribution in [0, 0.1) is 25.5 Å². The van der Waals surface area contributed by atoms with Gasteiger partial charge in [-0.2, -0.15) is 5.10 Å². The number of nitrogens with zero attached hydrogens (tertiary/aromatic N) is 4. The second kappa shape index (κ2) is 6.76. The van der Waals surface area contributed by atoms with Gasteiger partial charge in [-0.3, -0.25) is 9.78 Å². The Morgan fingerprint density at radius 1 is 1.16 bits per heavy atom. The summed E-state index contributed by atoms with van der Waals surface area (Å²) < 4.78 is 28.6. The van der Waals surface area contributed by atoms with Gasteiger partial charge in [0, 0.05) is 17.3 Å². The van der Waals surface area contributed by atoms with E-state index in [1.165, 1.54) is 23.3 Å². The Morgan fingerprint density at radius 3 is 2.68 bits per heavy atom. The van der Waals surface area contributed by atoms with E-state index in [9.17, 15) is 13.6 Å². The number of benzene rings is 1. The van der Waals surface area contributed by atoms with Crippen LogP contribution in [0.3, 0.4) is 0 Å². The van der Waals surface area contributed by atoms with Crippen molar-refractivity contribution >= 4 is 11.7 Å². The summed E-state index contributed by atoms with van der Waals surface area (Å²) in [6.45, 7) is 3.50. The van der Waals surface area contributed by atoms with Crippen LogP contribution in [0.5, 0.6) is 0 Å². The third kappa shape index (κ3) is 3.68. The van der Waals surface area contributed by atoms with Crippen molar-refractivity contribution in [2.45, 2.75) is 20.4 Å². The molecule has 2 heterocycles. The number of anilines is 1. The maximum atomic E-state index is 13.8.